The van der Waals surface area contributed by atoms with E-state index in [1.54, 1.807) is 0 Å². The average Bonchev–Trinajstić information content (AvgIpc) is 3.09. The normalized spacial score (nSPS) is 14.3. The number of carbonyl (C=O) groups excluding carboxylic acids is 2. The van der Waals surface area contributed by atoms with Crippen LogP contribution in [0.4, 0.5) is 0 Å². The van der Waals surface area contributed by atoms with Gasteiger partial charge in [0, 0.05) is 20.0 Å². The first-order valence-corrected chi connectivity index (χ1v) is 20.1. The van der Waals surface area contributed by atoms with E-state index < -0.39 is 32.5 Å². The van der Waals surface area contributed by atoms with Gasteiger partial charge in [0.05, 0.1) is 6.61 Å². The summed E-state index contributed by atoms with van der Waals surface area (Å²) in [5, 5.41) is 0. The summed E-state index contributed by atoms with van der Waals surface area (Å²) in [5.74, 6) is -0.909. The Kier molecular flexibility index (Phi) is 33.5. The van der Waals surface area contributed by atoms with Crippen LogP contribution in [0.1, 0.15) is 142 Å². The molecule has 0 bridgehead atoms. The van der Waals surface area contributed by atoms with Gasteiger partial charge in [-0.3, -0.25) is 18.6 Å². The number of esters is 2. The highest BCUT2D eigenvalue weighted by Crippen LogP contribution is 2.42. The van der Waals surface area contributed by atoms with Crippen LogP contribution in [0.15, 0.2) is 72.9 Å². The van der Waals surface area contributed by atoms with Crippen LogP contribution in [-0.2, 0) is 32.7 Å². The minimum absolute atomic E-state index is 0.117. The summed E-state index contributed by atoms with van der Waals surface area (Å²) in [6.45, 7) is 3.68. The first-order valence-electron chi connectivity index (χ1n) is 18.6. The van der Waals surface area contributed by atoms with Gasteiger partial charge in [-0.05, 0) is 51.4 Å². The fourth-order valence-corrected chi connectivity index (χ4v) is 5.08. The molecule has 2 unspecified atom stereocenters. The highest BCUT2D eigenvalue weighted by molar-refractivity contribution is 7.47. The van der Waals surface area contributed by atoms with Crippen molar-refractivity contribution >= 4 is 19.8 Å². The molecule has 280 valence electrons. The molecule has 0 aromatic heterocycles. The smallest absolute Gasteiger partial charge is 0.462 e. The lowest BCUT2D eigenvalue weighted by atomic mass is 10.1. The van der Waals surface area contributed by atoms with Crippen molar-refractivity contribution in [3.63, 3.8) is 0 Å². The maximum atomic E-state index is 12.4. The van der Waals surface area contributed by atoms with Gasteiger partial charge in [0.2, 0.25) is 0 Å². The van der Waals surface area contributed by atoms with E-state index in [4.69, 9.17) is 14.0 Å². The second kappa shape index (κ2) is 35.3. The standard InChI is InChI=1S/C40H67O8P/c1-4-6-8-10-12-14-16-17-18-19-20-21-22-23-25-27-29-31-33-35-40(42)48-38(37-47-49(43,44)45-3)36-46-39(41)34-32-30-28-26-24-15-13-11-9-7-5-2/h6,8,12,14,17-18,20-21,23,25,29,31,38H,4-5,7,9-11,13,15-16,19,22,24,26-28,30,32-37H2,1-3H3,(H,43,44)/b8-6-,14-12-,18-17-,21-20-,25-23-,31-29-. The topological polar surface area (TPSA) is 108 Å². The minimum atomic E-state index is -4.28. The van der Waals surface area contributed by atoms with E-state index in [0.29, 0.717) is 6.42 Å². The lowest BCUT2D eigenvalue weighted by molar-refractivity contribution is -0.161. The highest BCUT2D eigenvalue weighted by Gasteiger charge is 2.24. The number of ether oxygens (including phenoxy) is 2. The van der Waals surface area contributed by atoms with Crippen molar-refractivity contribution in [3.8, 4) is 0 Å². The molecular formula is C40H67O8P. The number of phosphoric acid groups is 1. The molecule has 0 aliphatic carbocycles. The quantitative estimate of drug-likeness (QED) is 0.0311. The van der Waals surface area contributed by atoms with E-state index in [1.165, 1.54) is 51.4 Å². The molecule has 0 aromatic rings. The third-order valence-corrected chi connectivity index (χ3v) is 8.42. The molecule has 0 amide bonds. The van der Waals surface area contributed by atoms with Crippen molar-refractivity contribution in [3.05, 3.63) is 72.9 Å². The zero-order chi connectivity index (χ0) is 36.1. The summed E-state index contributed by atoms with van der Waals surface area (Å²) in [7, 11) is -3.23. The second-order valence-electron chi connectivity index (χ2n) is 12.0. The molecule has 0 radical (unpaired) electrons. The molecule has 9 heteroatoms. The predicted molar refractivity (Wildman–Crippen MR) is 202 cm³/mol. The van der Waals surface area contributed by atoms with E-state index in [9.17, 15) is 19.0 Å². The number of allylic oxidation sites excluding steroid dienone is 12. The molecule has 0 saturated carbocycles. The summed E-state index contributed by atoms with van der Waals surface area (Å²) in [6, 6.07) is 0. The van der Waals surface area contributed by atoms with Crippen LogP contribution in [0.25, 0.3) is 0 Å². The number of hydrogen-bond donors (Lipinski definition) is 1. The van der Waals surface area contributed by atoms with Crippen molar-refractivity contribution in [2.24, 2.45) is 0 Å². The SMILES string of the molecule is CC/C=C\C/C=C\C/C=C\C/C=C\C/C=C\C/C=C\CCC(=O)OC(COC(=O)CCCCCCCCCCCCC)COP(=O)(O)OC. The zero-order valence-electron chi connectivity index (χ0n) is 30.8. The molecule has 0 aliphatic rings. The lowest BCUT2D eigenvalue weighted by Gasteiger charge is -2.19. The van der Waals surface area contributed by atoms with Crippen LogP contribution in [0.3, 0.4) is 0 Å². The number of hydrogen-bond acceptors (Lipinski definition) is 7. The molecule has 8 nitrogen and oxygen atoms in total. The fourth-order valence-electron chi connectivity index (χ4n) is 4.62. The van der Waals surface area contributed by atoms with Crippen molar-refractivity contribution in [2.45, 2.75) is 148 Å². The molecule has 0 aliphatic heterocycles. The first-order chi connectivity index (χ1) is 23.8. The Balaban J connectivity index is 4.23. The van der Waals surface area contributed by atoms with Crippen molar-refractivity contribution in [1.29, 1.82) is 0 Å². The van der Waals surface area contributed by atoms with Crippen LogP contribution in [-0.4, -0.2) is 43.3 Å². The van der Waals surface area contributed by atoms with E-state index in [0.717, 1.165) is 64.9 Å². The van der Waals surface area contributed by atoms with E-state index in [2.05, 4.69) is 79.1 Å². The molecule has 2 atom stereocenters. The third kappa shape index (κ3) is 35.1. The number of rotatable bonds is 33. The largest absolute Gasteiger partial charge is 0.472 e. The van der Waals surface area contributed by atoms with Crippen LogP contribution in [0.5, 0.6) is 0 Å². The Morgan fingerprint density at radius 2 is 1.04 bits per heavy atom. The van der Waals surface area contributed by atoms with Gasteiger partial charge in [-0.25, -0.2) is 4.57 Å². The summed E-state index contributed by atoms with van der Waals surface area (Å²) < 4.78 is 31.7. The monoisotopic (exact) mass is 706 g/mol. The van der Waals surface area contributed by atoms with Crippen molar-refractivity contribution in [1.82, 2.24) is 0 Å². The second-order valence-corrected chi connectivity index (χ2v) is 13.5. The molecule has 0 fully saturated rings. The van der Waals surface area contributed by atoms with E-state index >= 15 is 0 Å². The lowest BCUT2D eigenvalue weighted by Crippen LogP contribution is -2.29. The predicted octanol–water partition coefficient (Wildman–Crippen LogP) is 11.4. The van der Waals surface area contributed by atoms with Gasteiger partial charge >= 0.3 is 19.8 Å². The molecular weight excluding hydrogens is 639 g/mol. The van der Waals surface area contributed by atoms with Gasteiger partial charge in [0.25, 0.3) is 0 Å². The molecule has 0 saturated heterocycles. The third-order valence-electron chi connectivity index (χ3n) is 7.48. The highest BCUT2D eigenvalue weighted by atomic mass is 31.2. The zero-order valence-corrected chi connectivity index (χ0v) is 31.7. The van der Waals surface area contributed by atoms with Crippen molar-refractivity contribution < 1.29 is 37.6 Å². The Hall–Kier alpha value is -2.51. The number of phosphoric ester groups is 1. The molecule has 0 heterocycles. The summed E-state index contributed by atoms with van der Waals surface area (Å²) in [6.07, 6.45) is 44.0. The number of carbonyl (C=O) groups is 2. The molecule has 1 N–H and O–H groups in total. The first kappa shape index (κ1) is 46.5. The Morgan fingerprint density at radius 1 is 0.592 bits per heavy atom. The Bertz CT molecular complexity index is 1030. The van der Waals surface area contributed by atoms with E-state index in [1.807, 2.05) is 12.2 Å². The van der Waals surface area contributed by atoms with Crippen LogP contribution >= 0.6 is 7.82 Å². The molecule has 49 heavy (non-hydrogen) atoms. The fraction of sp³-hybridized carbons (Fsp3) is 0.650. The van der Waals surface area contributed by atoms with Gasteiger partial charge < -0.3 is 14.4 Å². The van der Waals surface area contributed by atoms with Gasteiger partial charge in [-0.15, -0.1) is 0 Å². The maximum absolute atomic E-state index is 12.4. The maximum Gasteiger partial charge on any atom is 0.472 e. The Labute approximate surface area is 298 Å². The van der Waals surface area contributed by atoms with Crippen LogP contribution in [0.2, 0.25) is 0 Å². The molecule has 0 rings (SSSR count). The van der Waals surface area contributed by atoms with Crippen LogP contribution < -0.4 is 0 Å². The van der Waals surface area contributed by atoms with Crippen molar-refractivity contribution in [2.75, 3.05) is 20.3 Å². The molecule has 0 spiro atoms. The van der Waals surface area contributed by atoms with Gasteiger partial charge in [-0.2, -0.15) is 0 Å². The van der Waals surface area contributed by atoms with Gasteiger partial charge in [-0.1, -0.05) is 151 Å². The average molecular weight is 707 g/mol. The number of unbranched alkanes of at least 4 members (excludes halogenated alkanes) is 10. The van der Waals surface area contributed by atoms with E-state index in [-0.39, 0.29) is 19.4 Å². The van der Waals surface area contributed by atoms with Gasteiger partial charge in [0.15, 0.2) is 6.10 Å². The summed E-state index contributed by atoms with van der Waals surface area (Å²) >= 11 is 0. The van der Waals surface area contributed by atoms with Gasteiger partial charge in [0.1, 0.15) is 6.61 Å². The summed E-state index contributed by atoms with van der Waals surface area (Å²) in [5.41, 5.74) is 0. The molecule has 0 aromatic carbocycles. The van der Waals surface area contributed by atoms with Crippen LogP contribution in [0, 0.1) is 0 Å². The summed E-state index contributed by atoms with van der Waals surface area (Å²) in [4.78, 5) is 34.2. The minimum Gasteiger partial charge on any atom is -0.462 e. The Morgan fingerprint density at radius 3 is 1.51 bits per heavy atom.